The normalized spacial score (nSPS) is 14.5. The van der Waals surface area contributed by atoms with Gasteiger partial charge in [0.05, 0.1) is 12.1 Å². The molecule has 1 fully saturated rings. The molecule has 1 aromatic heterocycles. The van der Waals surface area contributed by atoms with E-state index >= 15 is 0 Å². The Kier molecular flexibility index (Phi) is 6.91. The second-order valence-electron chi connectivity index (χ2n) is 9.31. The van der Waals surface area contributed by atoms with Crippen molar-refractivity contribution in [2.75, 3.05) is 31.1 Å². The molecule has 1 aliphatic heterocycles. The number of aromatic nitrogens is 2. The smallest absolute Gasteiger partial charge is 0.227 e. The number of carbonyl (C=O) groups excluding carboxylic acids is 1. The molecule has 3 aromatic rings. The molecule has 1 amide bonds. The highest BCUT2D eigenvalue weighted by Gasteiger charge is 2.23. The van der Waals surface area contributed by atoms with E-state index in [-0.39, 0.29) is 17.7 Å². The summed E-state index contributed by atoms with van der Waals surface area (Å²) < 4.78 is 0. The molecular weight excluding hydrogens is 455 g/mol. The average molecular weight is 483 g/mol. The Bertz CT molecular complexity index is 1110. The van der Waals surface area contributed by atoms with Crippen LogP contribution in [0.5, 0.6) is 0 Å². The molecule has 7 heteroatoms. The summed E-state index contributed by atoms with van der Waals surface area (Å²) in [4.78, 5) is 26.1. The van der Waals surface area contributed by atoms with Crippen LogP contribution in [-0.4, -0.2) is 47.0 Å². The monoisotopic (exact) mass is 482 g/mol. The van der Waals surface area contributed by atoms with E-state index in [0.29, 0.717) is 28.7 Å². The molecule has 0 bridgehead atoms. The molecule has 1 saturated heterocycles. The van der Waals surface area contributed by atoms with Crippen LogP contribution in [0.15, 0.2) is 54.7 Å². The van der Waals surface area contributed by atoms with Crippen LogP contribution in [0.2, 0.25) is 10.0 Å². The van der Waals surface area contributed by atoms with Gasteiger partial charge < -0.3 is 9.80 Å². The fraction of sp³-hybridized carbons (Fsp3) is 0.346. The van der Waals surface area contributed by atoms with Crippen LogP contribution in [0.4, 0.5) is 5.69 Å². The summed E-state index contributed by atoms with van der Waals surface area (Å²) in [5.41, 5.74) is 3.74. The lowest BCUT2D eigenvalue weighted by atomic mass is 9.95. The number of rotatable bonds is 4. The van der Waals surface area contributed by atoms with Gasteiger partial charge in [0.2, 0.25) is 5.91 Å². The highest BCUT2D eigenvalue weighted by Crippen LogP contribution is 2.27. The van der Waals surface area contributed by atoms with Crippen molar-refractivity contribution in [3.05, 3.63) is 76.2 Å². The van der Waals surface area contributed by atoms with Gasteiger partial charge in [0.15, 0.2) is 0 Å². The number of halogens is 2. The molecule has 33 heavy (non-hydrogen) atoms. The first-order chi connectivity index (χ1) is 15.7. The van der Waals surface area contributed by atoms with Crippen molar-refractivity contribution in [2.45, 2.75) is 32.6 Å². The summed E-state index contributed by atoms with van der Waals surface area (Å²) in [6, 6.07) is 15.7. The fourth-order valence-electron chi connectivity index (χ4n) is 3.90. The number of piperazine rings is 1. The van der Waals surface area contributed by atoms with E-state index in [0.717, 1.165) is 35.9 Å². The fourth-order valence-corrected chi connectivity index (χ4v) is 4.43. The first-order valence-electron chi connectivity index (χ1n) is 11.1. The van der Waals surface area contributed by atoms with E-state index in [2.05, 4.69) is 54.9 Å². The van der Waals surface area contributed by atoms with Crippen LogP contribution in [0.3, 0.4) is 0 Å². The molecule has 1 aliphatic rings. The molecule has 2 aromatic carbocycles. The van der Waals surface area contributed by atoms with Gasteiger partial charge in [-0.1, -0.05) is 62.2 Å². The summed E-state index contributed by atoms with van der Waals surface area (Å²) in [6.07, 6.45) is 2.05. The Morgan fingerprint density at radius 1 is 0.939 bits per heavy atom. The molecule has 172 valence electrons. The number of nitrogens with zero attached hydrogens (tertiary/aromatic N) is 4. The predicted octanol–water partition coefficient (Wildman–Crippen LogP) is 5.64. The number of carbonyl (C=O) groups is 1. The van der Waals surface area contributed by atoms with Gasteiger partial charge in [-0.2, -0.15) is 0 Å². The van der Waals surface area contributed by atoms with E-state index in [1.165, 1.54) is 0 Å². The third kappa shape index (κ3) is 5.48. The Balaban J connectivity index is 1.38. The maximum Gasteiger partial charge on any atom is 0.227 e. The molecule has 5 nitrogen and oxygen atoms in total. The average Bonchev–Trinajstić information content (AvgIpc) is 2.81. The van der Waals surface area contributed by atoms with Crippen LogP contribution in [0.25, 0.3) is 11.3 Å². The molecular formula is C26H28Cl2N4O. The minimum absolute atomic E-state index is 0.0541. The van der Waals surface area contributed by atoms with Crippen molar-refractivity contribution >= 4 is 34.8 Å². The maximum atomic E-state index is 12.8. The van der Waals surface area contributed by atoms with Gasteiger partial charge in [-0.05, 0) is 35.9 Å². The van der Waals surface area contributed by atoms with Crippen LogP contribution in [0.1, 0.15) is 32.2 Å². The highest BCUT2D eigenvalue weighted by molar-refractivity contribution is 6.36. The van der Waals surface area contributed by atoms with Crippen LogP contribution in [-0.2, 0) is 16.6 Å². The summed E-state index contributed by atoms with van der Waals surface area (Å²) in [5.74, 6) is 0.890. The van der Waals surface area contributed by atoms with Crippen molar-refractivity contribution < 1.29 is 4.79 Å². The van der Waals surface area contributed by atoms with E-state index in [9.17, 15) is 4.79 Å². The summed E-state index contributed by atoms with van der Waals surface area (Å²) >= 11 is 12.5. The maximum absolute atomic E-state index is 12.8. The molecule has 0 spiro atoms. The van der Waals surface area contributed by atoms with E-state index in [1.807, 2.05) is 17.2 Å². The van der Waals surface area contributed by atoms with Gasteiger partial charge in [0.1, 0.15) is 5.82 Å². The molecule has 0 unspecified atom stereocenters. The van der Waals surface area contributed by atoms with E-state index in [1.54, 1.807) is 18.2 Å². The molecule has 0 saturated carbocycles. The lowest BCUT2D eigenvalue weighted by Crippen LogP contribution is -2.49. The van der Waals surface area contributed by atoms with Gasteiger partial charge in [0, 0.05) is 59.1 Å². The topological polar surface area (TPSA) is 49.3 Å². The molecule has 0 N–H and O–H groups in total. The Morgan fingerprint density at radius 3 is 2.18 bits per heavy atom. The quantitative estimate of drug-likeness (QED) is 0.482. The molecule has 0 radical (unpaired) electrons. The largest absolute Gasteiger partial charge is 0.368 e. The van der Waals surface area contributed by atoms with Crippen molar-refractivity contribution in [3.63, 3.8) is 0 Å². The zero-order valence-electron chi connectivity index (χ0n) is 19.2. The van der Waals surface area contributed by atoms with E-state index < -0.39 is 0 Å². The molecule has 0 aliphatic carbocycles. The van der Waals surface area contributed by atoms with Gasteiger partial charge >= 0.3 is 0 Å². The summed E-state index contributed by atoms with van der Waals surface area (Å²) in [7, 11) is 0. The minimum atomic E-state index is -0.0930. The second-order valence-corrected chi connectivity index (χ2v) is 10.1. The SMILES string of the molecule is CC(C)(C)c1nccc(-c2ccc(N3CCN(C(=O)Cc4c(Cl)cccc4Cl)CC3)cc2)n1. The Morgan fingerprint density at radius 2 is 1.58 bits per heavy atom. The summed E-state index contributed by atoms with van der Waals surface area (Å²) in [5, 5.41) is 1.07. The van der Waals surface area contributed by atoms with Crippen LogP contribution >= 0.6 is 23.2 Å². The van der Waals surface area contributed by atoms with Crippen LogP contribution < -0.4 is 4.90 Å². The van der Waals surface area contributed by atoms with Crippen molar-refractivity contribution in [1.29, 1.82) is 0 Å². The predicted molar refractivity (Wildman–Crippen MR) is 135 cm³/mol. The van der Waals surface area contributed by atoms with Gasteiger partial charge in [-0.15, -0.1) is 0 Å². The van der Waals surface area contributed by atoms with Gasteiger partial charge in [-0.25, -0.2) is 9.97 Å². The second kappa shape index (κ2) is 9.70. The van der Waals surface area contributed by atoms with Gasteiger partial charge in [0.25, 0.3) is 0 Å². The number of benzene rings is 2. The Labute approximate surface area is 205 Å². The van der Waals surface area contributed by atoms with Crippen molar-refractivity contribution in [3.8, 4) is 11.3 Å². The number of hydrogen-bond donors (Lipinski definition) is 0. The lowest BCUT2D eigenvalue weighted by molar-refractivity contribution is -0.130. The standard InChI is InChI=1S/C26H28Cl2N4O/c1-26(2,3)25-29-12-11-23(30-25)18-7-9-19(10-8-18)31-13-15-32(16-14-31)24(33)17-20-21(27)5-4-6-22(20)28/h4-12H,13-17H2,1-3H3. The van der Waals surface area contributed by atoms with E-state index in [4.69, 9.17) is 28.2 Å². The molecule has 0 atom stereocenters. The number of hydrogen-bond acceptors (Lipinski definition) is 4. The number of anilines is 1. The molecule has 2 heterocycles. The first-order valence-corrected chi connectivity index (χ1v) is 11.9. The Hall–Kier alpha value is -2.63. The van der Waals surface area contributed by atoms with Crippen molar-refractivity contribution in [1.82, 2.24) is 14.9 Å². The van der Waals surface area contributed by atoms with Crippen LogP contribution in [0, 0.1) is 0 Å². The first kappa shape index (κ1) is 23.5. The zero-order valence-corrected chi connectivity index (χ0v) is 20.7. The summed E-state index contributed by atoms with van der Waals surface area (Å²) in [6.45, 7) is 9.24. The third-order valence-electron chi connectivity index (χ3n) is 5.88. The van der Waals surface area contributed by atoms with Gasteiger partial charge in [-0.3, -0.25) is 4.79 Å². The zero-order chi connectivity index (χ0) is 23.6. The highest BCUT2D eigenvalue weighted by atomic mass is 35.5. The minimum Gasteiger partial charge on any atom is -0.368 e. The molecule has 4 rings (SSSR count). The van der Waals surface area contributed by atoms with Crippen molar-refractivity contribution in [2.24, 2.45) is 0 Å². The third-order valence-corrected chi connectivity index (χ3v) is 6.58. The number of amides is 1. The lowest BCUT2D eigenvalue weighted by Gasteiger charge is -2.36.